The van der Waals surface area contributed by atoms with Gasteiger partial charge in [0.05, 0.1) is 6.10 Å². The maximum Gasteiger partial charge on any atom is 0.191 e. The van der Waals surface area contributed by atoms with Crippen LogP contribution in [0.2, 0.25) is 0 Å². The number of aliphatic imine (C=N–C) groups is 1. The lowest BCUT2D eigenvalue weighted by atomic mass is 10.2. The molecule has 2 aromatic carbocycles. The van der Waals surface area contributed by atoms with Crippen molar-refractivity contribution in [3.63, 3.8) is 0 Å². The number of ether oxygens (including phenoxy) is 2. The van der Waals surface area contributed by atoms with Crippen LogP contribution in [0.4, 0.5) is 0 Å². The van der Waals surface area contributed by atoms with Crippen molar-refractivity contribution in [1.82, 2.24) is 10.6 Å². The molecule has 0 aromatic heterocycles. The SMILES string of the molecule is CN=C(NCc1cccc(OCc2ccccc2)c1)NCC1CCCO1. The molecule has 5 nitrogen and oxygen atoms in total. The molecule has 26 heavy (non-hydrogen) atoms. The zero-order valence-electron chi connectivity index (χ0n) is 15.3. The highest BCUT2D eigenvalue weighted by Crippen LogP contribution is 2.15. The van der Waals surface area contributed by atoms with Crippen molar-refractivity contribution in [3.8, 4) is 5.75 Å². The van der Waals surface area contributed by atoms with Gasteiger partial charge >= 0.3 is 0 Å². The number of hydrogen-bond acceptors (Lipinski definition) is 3. The molecule has 0 radical (unpaired) electrons. The molecule has 2 N–H and O–H groups in total. The van der Waals surface area contributed by atoms with Gasteiger partial charge in [-0.3, -0.25) is 4.99 Å². The van der Waals surface area contributed by atoms with Crippen molar-refractivity contribution < 1.29 is 9.47 Å². The van der Waals surface area contributed by atoms with Crippen LogP contribution in [0.15, 0.2) is 59.6 Å². The average molecular weight is 353 g/mol. The molecule has 0 spiro atoms. The first-order valence-corrected chi connectivity index (χ1v) is 9.15. The van der Waals surface area contributed by atoms with Crippen LogP contribution in [0.3, 0.4) is 0 Å². The smallest absolute Gasteiger partial charge is 0.191 e. The number of nitrogens with zero attached hydrogens (tertiary/aromatic N) is 1. The molecule has 0 aliphatic carbocycles. The highest BCUT2D eigenvalue weighted by Gasteiger charge is 2.15. The molecule has 0 saturated carbocycles. The monoisotopic (exact) mass is 353 g/mol. The minimum Gasteiger partial charge on any atom is -0.489 e. The fraction of sp³-hybridized carbons (Fsp3) is 0.381. The maximum absolute atomic E-state index is 5.89. The van der Waals surface area contributed by atoms with E-state index in [1.807, 2.05) is 30.3 Å². The predicted octanol–water partition coefficient (Wildman–Crippen LogP) is 3.11. The lowest BCUT2D eigenvalue weighted by molar-refractivity contribution is 0.114. The van der Waals surface area contributed by atoms with Gasteiger partial charge < -0.3 is 20.1 Å². The summed E-state index contributed by atoms with van der Waals surface area (Å²) in [6.07, 6.45) is 2.56. The zero-order chi connectivity index (χ0) is 18.0. The second kappa shape index (κ2) is 9.82. The van der Waals surface area contributed by atoms with Crippen LogP contribution in [-0.2, 0) is 17.9 Å². The lowest BCUT2D eigenvalue weighted by Crippen LogP contribution is -2.40. The topological polar surface area (TPSA) is 54.9 Å². The summed E-state index contributed by atoms with van der Waals surface area (Å²) in [5, 5.41) is 6.66. The fourth-order valence-corrected chi connectivity index (χ4v) is 2.91. The van der Waals surface area contributed by atoms with Gasteiger partial charge in [0.15, 0.2) is 5.96 Å². The normalized spacial score (nSPS) is 17.1. The summed E-state index contributed by atoms with van der Waals surface area (Å²) in [5.41, 5.74) is 2.31. The Bertz CT molecular complexity index is 697. The molecule has 1 saturated heterocycles. The van der Waals surface area contributed by atoms with E-state index in [1.54, 1.807) is 7.05 Å². The molecule has 1 fully saturated rings. The molecule has 1 aliphatic rings. The first-order chi connectivity index (χ1) is 12.8. The minimum absolute atomic E-state index is 0.295. The molecule has 138 valence electrons. The van der Waals surface area contributed by atoms with E-state index < -0.39 is 0 Å². The third kappa shape index (κ3) is 5.77. The van der Waals surface area contributed by atoms with Crippen LogP contribution >= 0.6 is 0 Å². The Hall–Kier alpha value is -2.53. The quantitative estimate of drug-likeness (QED) is 0.593. The average Bonchev–Trinajstić information content (AvgIpc) is 3.21. The summed E-state index contributed by atoms with van der Waals surface area (Å²) in [7, 11) is 1.78. The van der Waals surface area contributed by atoms with Crippen LogP contribution in [0, 0.1) is 0 Å². The van der Waals surface area contributed by atoms with E-state index in [4.69, 9.17) is 9.47 Å². The van der Waals surface area contributed by atoms with Crippen LogP contribution in [0.1, 0.15) is 24.0 Å². The summed E-state index contributed by atoms with van der Waals surface area (Å²) in [6, 6.07) is 18.3. The molecular formula is C21H27N3O2. The van der Waals surface area contributed by atoms with E-state index in [9.17, 15) is 0 Å². The van der Waals surface area contributed by atoms with Gasteiger partial charge in [0, 0.05) is 26.7 Å². The second-order valence-corrected chi connectivity index (χ2v) is 6.36. The number of rotatable bonds is 7. The molecule has 1 heterocycles. The number of nitrogens with one attached hydrogen (secondary N) is 2. The Kier molecular flexibility index (Phi) is 6.90. The lowest BCUT2D eigenvalue weighted by Gasteiger charge is -2.15. The Morgan fingerprint density at radius 2 is 1.96 bits per heavy atom. The molecule has 0 bridgehead atoms. The van der Waals surface area contributed by atoms with Gasteiger partial charge in [0.25, 0.3) is 0 Å². The van der Waals surface area contributed by atoms with Gasteiger partial charge in [-0.25, -0.2) is 0 Å². The van der Waals surface area contributed by atoms with E-state index in [2.05, 4.69) is 39.9 Å². The van der Waals surface area contributed by atoms with Gasteiger partial charge in [-0.1, -0.05) is 42.5 Å². The maximum atomic E-state index is 5.89. The standard InChI is InChI=1S/C21H27N3O2/c1-22-21(24-15-20-11-6-12-25-20)23-14-18-9-5-10-19(13-18)26-16-17-7-3-2-4-8-17/h2-5,7-10,13,20H,6,11-12,14-16H2,1H3,(H2,22,23,24). The largest absolute Gasteiger partial charge is 0.489 e. The van der Waals surface area contributed by atoms with Gasteiger partial charge in [-0.05, 0) is 36.1 Å². The highest BCUT2D eigenvalue weighted by molar-refractivity contribution is 5.79. The van der Waals surface area contributed by atoms with Crippen LogP contribution in [-0.4, -0.2) is 32.3 Å². The molecule has 0 amide bonds. The van der Waals surface area contributed by atoms with E-state index >= 15 is 0 Å². The van der Waals surface area contributed by atoms with Gasteiger partial charge in [0.1, 0.15) is 12.4 Å². The van der Waals surface area contributed by atoms with E-state index in [0.29, 0.717) is 19.3 Å². The number of hydrogen-bond donors (Lipinski definition) is 2. The first-order valence-electron chi connectivity index (χ1n) is 9.15. The van der Waals surface area contributed by atoms with E-state index in [0.717, 1.165) is 48.8 Å². The van der Waals surface area contributed by atoms with Crippen molar-refractivity contribution >= 4 is 5.96 Å². The fourth-order valence-electron chi connectivity index (χ4n) is 2.91. The highest BCUT2D eigenvalue weighted by atomic mass is 16.5. The Labute approximate surface area is 155 Å². The summed E-state index contributed by atoms with van der Waals surface area (Å²) in [4.78, 5) is 4.27. The Morgan fingerprint density at radius 3 is 2.73 bits per heavy atom. The Balaban J connectivity index is 1.46. The van der Waals surface area contributed by atoms with Crippen LogP contribution < -0.4 is 15.4 Å². The van der Waals surface area contributed by atoms with Gasteiger partial charge in [-0.15, -0.1) is 0 Å². The van der Waals surface area contributed by atoms with Crippen LogP contribution in [0.25, 0.3) is 0 Å². The summed E-state index contributed by atoms with van der Waals surface area (Å²) >= 11 is 0. The predicted molar refractivity (Wildman–Crippen MR) is 104 cm³/mol. The summed E-state index contributed by atoms with van der Waals surface area (Å²) in [5.74, 6) is 1.66. The molecule has 5 heteroatoms. The van der Waals surface area contributed by atoms with Gasteiger partial charge in [0.2, 0.25) is 0 Å². The van der Waals surface area contributed by atoms with Gasteiger partial charge in [-0.2, -0.15) is 0 Å². The molecule has 2 aromatic rings. The van der Waals surface area contributed by atoms with Crippen LogP contribution in [0.5, 0.6) is 5.75 Å². The summed E-state index contributed by atoms with van der Waals surface area (Å²) < 4.78 is 11.5. The van der Waals surface area contributed by atoms with Crippen molar-refractivity contribution in [2.24, 2.45) is 4.99 Å². The Morgan fingerprint density at radius 1 is 1.12 bits per heavy atom. The number of benzene rings is 2. The molecule has 1 unspecified atom stereocenters. The van der Waals surface area contributed by atoms with Crippen molar-refractivity contribution in [2.45, 2.75) is 32.1 Å². The first kappa shape index (κ1) is 18.3. The van der Waals surface area contributed by atoms with Crippen molar-refractivity contribution in [2.75, 3.05) is 20.2 Å². The van der Waals surface area contributed by atoms with Crippen molar-refractivity contribution in [3.05, 3.63) is 65.7 Å². The molecule has 3 rings (SSSR count). The molecule has 1 aliphatic heterocycles. The van der Waals surface area contributed by atoms with Crippen molar-refractivity contribution in [1.29, 1.82) is 0 Å². The molecular weight excluding hydrogens is 326 g/mol. The zero-order valence-corrected chi connectivity index (χ0v) is 15.3. The van der Waals surface area contributed by atoms with E-state index in [1.165, 1.54) is 0 Å². The molecule has 1 atom stereocenters. The third-order valence-electron chi connectivity index (χ3n) is 4.35. The third-order valence-corrected chi connectivity index (χ3v) is 4.35. The summed E-state index contributed by atoms with van der Waals surface area (Å²) in [6.45, 7) is 2.92. The number of guanidine groups is 1. The van der Waals surface area contributed by atoms with E-state index in [-0.39, 0.29) is 0 Å². The second-order valence-electron chi connectivity index (χ2n) is 6.36. The minimum atomic E-state index is 0.295.